The van der Waals surface area contributed by atoms with Gasteiger partial charge in [0.05, 0.1) is 6.04 Å². The van der Waals surface area contributed by atoms with E-state index in [0.717, 1.165) is 12.0 Å². The van der Waals surface area contributed by atoms with Crippen LogP contribution >= 0.6 is 11.6 Å². The Hall–Kier alpha value is -2.00. The van der Waals surface area contributed by atoms with Crippen molar-refractivity contribution in [1.29, 1.82) is 0 Å². The van der Waals surface area contributed by atoms with Gasteiger partial charge in [0.2, 0.25) is 0 Å². The molecule has 0 bridgehead atoms. The van der Waals surface area contributed by atoms with E-state index in [1.807, 2.05) is 55.5 Å². The maximum atomic E-state index is 11.9. The summed E-state index contributed by atoms with van der Waals surface area (Å²) in [5.41, 5.74) is 2.21. The summed E-state index contributed by atoms with van der Waals surface area (Å²) in [6.07, 6.45) is 0.984. The van der Waals surface area contributed by atoms with Gasteiger partial charge in [-0.3, -0.25) is 4.79 Å². The Balaban J connectivity index is 1.84. The van der Waals surface area contributed by atoms with Gasteiger partial charge in [-0.15, -0.1) is 0 Å². The third-order valence-electron chi connectivity index (χ3n) is 3.43. The topological polar surface area (TPSA) is 38.3 Å². The van der Waals surface area contributed by atoms with Crippen molar-refractivity contribution in [2.75, 3.05) is 6.61 Å². The Labute approximate surface area is 136 Å². The molecule has 1 amide bonds. The van der Waals surface area contributed by atoms with Gasteiger partial charge in [-0.25, -0.2) is 0 Å². The fourth-order valence-corrected chi connectivity index (χ4v) is 2.31. The SMILES string of the molecule is CCc1ccc(OCC(=O)NC(C)c2cccc(Cl)c2)cc1. The maximum Gasteiger partial charge on any atom is 0.258 e. The van der Waals surface area contributed by atoms with E-state index in [0.29, 0.717) is 10.8 Å². The fourth-order valence-electron chi connectivity index (χ4n) is 2.11. The highest BCUT2D eigenvalue weighted by Gasteiger charge is 2.10. The highest BCUT2D eigenvalue weighted by molar-refractivity contribution is 6.30. The zero-order valence-corrected chi connectivity index (χ0v) is 13.6. The summed E-state index contributed by atoms with van der Waals surface area (Å²) >= 11 is 5.95. The van der Waals surface area contributed by atoms with Gasteiger partial charge in [0, 0.05) is 5.02 Å². The van der Waals surface area contributed by atoms with Crippen LogP contribution in [-0.2, 0) is 11.2 Å². The van der Waals surface area contributed by atoms with Crippen molar-refractivity contribution in [1.82, 2.24) is 5.32 Å². The number of benzene rings is 2. The van der Waals surface area contributed by atoms with E-state index in [2.05, 4.69) is 12.2 Å². The van der Waals surface area contributed by atoms with Gasteiger partial charge in [0.25, 0.3) is 5.91 Å². The minimum atomic E-state index is -0.160. The van der Waals surface area contributed by atoms with Gasteiger partial charge >= 0.3 is 0 Å². The summed E-state index contributed by atoms with van der Waals surface area (Å²) in [5.74, 6) is 0.537. The van der Waals surface area contributed by atoms with Crippen LogP contribution in [0.25, 0.3) is 0 Å². The monoisotopic (exact) mass is 317 g/mol. The van der Waals surface area contributed by atoms with Gasteiger partial charge in [-0.05, 0) is 48.7 Å². The number of hydrogen-bond donors (Lipinski definition) is 1. The number of nitrogens with one attached hydrogen (secondary N) is 1. The Morgan fingerprint density at radius 2 is 1.95 bits per heavy atom. The molecule has 0 aliphatic heterocycles. The van der Waals surface area contributed by atoms with E-state index in [1.54, 1.807) is 0 Å². The molecule has 2 aromatic carbocycles. The third kappa shape index (κ3) is 4.78. The Morgan fingerprint density at radius 3 is 2.59 bits per heavy atom. The second kappa shape index (κ2) is 7.85. The van der Waals surface area contributed by atoms with E-state index < -0.39 is 0 Å². The molecule has 0 aliphatic carbocycles. The molecule has 3 nitrogen and oxygen atoms in total. The molecule has 0 aromatic heterocycles. The molecule has 22 heavy (non-hydrogen) atoms. The Bertz CT molecular complexity index is 625. The molecule has 2 rings (SSSR count). The van der Waals surface area contributed by atoms with Crippen LogP contribution in [0.5, 0.6) is 5.75 Å². The first kappa shape index (κ1) is 16.4. The molecule has 1 atom stereocenters. The van der Waals surface area contributed by atoms with Gasteiger partial charge in [-0.1, -0.05) is 42.8 Å². The fraction of sp³-hybridized carbons (Fsp3) is 0.278. The molecule has 0 radical (unpaired) electrons. The standard InChI is InChI=1S/C18H20ClNO2/c1-3-14-7-9-17(10-8-14)22-12-18(21)20-13(2)15-5-4-6-16(19)11-15/h4-11,13H,3,12H2,1-2H3,(H,20,21). The van der Waals surface area contributed by atoms with Gasteiger partial charge in [-0.2, -0.15) is 0 Å². The average molecular weight is 318 g/mol. The number of rotatable bonds is 6. The van der Waals surface area contributed by atoms with Gasteiger partial charge in [0.15, 0.2) is 6.61 Å². The summed E-state index contributed by atoms with van der Waals surface area (Å²) in [4.78, 5) is 11.9. The van der Waals surface area contributed by atoms with Gasteiger partial charge in [0.1, 0.15) is 5.75 Å². The third-order valence-corrected chi connectivity index (χ3v) is 3.66. The van der Waals surface area contributed by atoms with Gasteiger partial charge < -0.3 is 10.1 Å². The van der Waals surface area contributed by atoms with Crippen LogP contribution in [0.4, 0.5) is 0 Å². The van der Waals surface area contributed by atoms with Crippen LogP contribution in [0.3, 0.4) is 0 Å². The molecule has 0 aliphatic rings. The number of halogens is 1. The minimum Gasteiger partial charge on any atom is -0.484 e. The van der Waals surface area contributed by atoms with E-state index in [9.17, 15) is 4.79 Å². The van der Waals surface area contributed by atoms with Crippen LogP contribution in [0.15, 0.2) is 48.5 Å². The molecule has 0 spiro atoms. The summed E-state index contributed by atoms with van der Waals surface area (Å²) < 4.78 is 5.49. The zero-order valence-electron chi connectivity index (χ0n) is 12.8. The van der Waals surface area contributed by atoms with Crippen LogP contribution < -0.4 is 10.1 Å². The first-order valence-corrected chi connectivity index (χ1v) is 7.73. The smallest absolute Gasteiger partial charge is 0.258 e. The Kier molecular flexibility index (Phi) is 5.84. The molecular formula is C18H20ClNO2. The predicted octanol–water partition coefficient (Wildman–Crippen LogP) is 4.16. The van der Waals surface area contributed by atoms with E-state index >= 15 is 0 Å². The number of carbonyl (C=O) groups excluding carboxylic acids is 1. The van der Waals surface area contributed by atoms with Crippen LogP contribution in [-0.4, -0.2) is 12.5 Å². The molecule has 0 fully saturated rings. The number of hydrogen-bond acceptors (Lipinski definition) is 2. The van der Waals surface area contributed by atoms with Crippen LogP contribution in [0.2, 0.25) is 5.02 Å². The van der Waals surface area contributed by atoms with Crippen molar-refractivity contribution >= 4 is 17.5 Å². The summed E-state index contributed by atoms with van der Waals surface area (Å²) in [6.45, 7) is 4.01. The molecule has 1 N–H and O–H groups in total. The van der Waals surface area contributed by atoms with Crippen molar-refractivity contribution in [2.45, 2.75) is 26.3 Å². The molecule has 1 unspecified atom stereocenters. The van der Waals surface area contributed by atoms with Crippen molar-refractivity contribution in [3.05, 3.63) is 64.7 Å². The molecule has 4 heteroatoms. The van der Waals surface area contributed by atoms with Crippen LogP contribution in [0.1, 0.15) is 31.0 Å². The summed E-state index contributed by atoms with van der Waals surface area (Å²) in [5, 5.41) is 3.55. The highest BCUT2D eigenvalue weighted by atomic mass is 35.5. The number of amides is 1. The van der Waals surface area contributed by atoms with E-state index in [1.165, 1.54) is 5.56 Å². The lowest BCUT2D eigenvalue weighted by atomic mass is 10.1. The molecule has 0 saturated heterocycles. The van der Waals surface area contributed by atoms with E-state index in [-0.39, 0.29) is 18.6 Å². The molecular weight excluding hydrogens is 298 g/mol. The lowest BCUT2D eigenvalue weighted by molar-refractivity contribution is -0.123. The quantitative estimate of drug-likeness (QED) is 0.868. The summed E-state index contributed by atoms with van der Waals surface area (Å²) in [6, 6.07) is 15.1. The highest BCUT2D eigenvalue weighted by Crippen LogP contribution is 2.17. The largest absolute Gasteiger partial charge is 0.484 e. The first-order chi connectivity index (χ1) is 10.6. The number of aryl methyl sites for hydroxylation is 1. The zero-order chi connectivity index (χ0) is 15.9. The first-order valence-electron chi connectivity index (χ1n) is 7.35. The second-order valence-electron chi connectivity index (χ2n) is 5.13. The van der Waals surface area contributed by atoms with Crippen molar-refractivity contribution in [3.63, 3.8) is 0 Å². The maximum absolute atomic E-state index is 11.9. The Morgan fingerprint density at radius 1 is 1.23 bits per heavy atom. The molecule has 0 saturated carbocycles. The molecule has 0 heterocycles. The van der Waals surface area contributed by atoms with Crippen LogP contribution in [0, 0.1) is 0 Å². The number of carbonyl (C=O) groups is 1. The minimum absolute atomic E-state index is 0.00359. The molecule has 2 aromatic rings. The lowest BCUT2D eigenvalue weighted by Gasteiger charge is -2.15. The average Bonchev–Trinajstić information content (AvgIpc) is 2.53. The summed E-state index contributed by atoms with van der Waals surface area (Å²) in [7, 11) is 0. The van der Waals surface area contributed by atoms with Crippen molar-refractivity contribution in [3.8, 4) is 5.75 Å². The lowest BCUT2D eigenvalue weighted by Crippen LogP contribution is -2.31. The van der Waals surface area contributed by atoms with Crippen molar-refractivity contribution < 1.29 is 9.53 Å². The van der Waals surface area contributed by atoms with Crippen molar-refractivity contribution in [2.24, 2.45) is 0 Å². The second-order valence-corrected chi connectivity index (χ2v) is 5.57. The predicted molar refractivity (Wildman–Crippen MR) is 89.3 cm³/mol. The molecule has 116 valence electrons. The van der Waals surface area contributed by atoms with E-state index in [4.69, 9.17) is 16.3 Å². The normalized spacial score (nSPS) is 11.8. The number of ether oxygens (including phenoxy) is 1.